The van der Waals surface area contributed by atoms with Gasteiger partial charge in [-0.05, 0) is 38.0 Å². The number of hydrogen-bond donors (Lipinski definition) is 1. The molecule has 1 spiro atoms. The third-order valence-corrected chi connectivity index (χ3v) is 5.65. The van der Waals surface area contributed by atoms with Crippen LogP contribution in [0.3, 0.4) is 0 Å². The lowest BCUT2D eigenvalue weighted by Gasteiger charge is -2.37. The van der Waals surface area contributed by atoms with E-state index in [1.165, 1.54) is 5.75 Å². The van der Waals surface area contributed by atoms with Crippen LogP contribution in [0.15, 0.2) is 0 Å². The molecule has 0 bridgehead atoms. The standard InChI is InChI=1S/C13H21NO2S/c15-12(11-1-4-14-8-11)10-2-5-16-13(7-10)3-6-17-9-13/h10-11,14H,1-9H2. The molecular weight excluding hydrogens is 234 g/mol. The Bertz CT molecular complexity index is 296. The van der Waals surface area contributed by atoms with Gasteiger partial charge in [-0.3, -0.25) is 4.79 Å². The second-order valence-electron chi connectivity index (χ2n) is 5.62. The normalized spacial score (nSPS) is 42.1. The highest BCUT2D eigenvalue weighted by molar-refractivity contribution is 7.99. The fourth-order valence-corrected chi connectivity index (χ4v) is 4.74. The van der Waals surface area contributed by atoms with Crippen LogP contribution in [0.2, 0.25) is 0 Å². The van der Waals surface area contributed by atoms with Crippen LogP contribution in [0.25, 0.3) is 0 Å². The van der Waals surface area contributed by atoms with Crippen molar-refractivity contribution in [1.29, 1.82) is 0 Å². The summed E-state index contributed by atoms with van der Waals surface area (Å²) in [6.07, 6.45) is 4.11. The summed E-state index contributed by atoms with van der Waals surface area (Å²) in [6, 6.07) is 0. The maximum absolute atomic E-state index is 12.4. The number of ether oxygens (including phenoxy) is 1. The molecule has 3 fully saturated rings. The monoisotopic (exact) mass is 255 g/mol. The van der Waals surface area contributed by atoms with Gasteiger partial charge in [-0.25, -0.2) is 0 Å². The lowest BCUT2D eigenvalue weighted by molar-refractivity contribution is -0.137. The molecule has 3 nitrogen and oxygen atoms in total. The van der Waals surface area contributed by atoms with E-state index < -0.39 is 0 Å². The Morgan fingerprint density at radius 2 is 2.29 bits per heavy atom. The molecule has 4 heteroatoms. The zero-order valence-electron chi connectivity index (χ0n) is 10.2. The fourth-order valence-electron chi connectivity index (χ4n) is 3.36. The SMILES string of the molecule is O=C(C1CCNC1)C1CCOC2(CCSC2)C1. The van der Waals surface area contributed by atoms with Crippen LogP contribution in [0.1, 0.15) is 25.7 Å². The molecule has 3 unspecified atom stereocenters. The molecule has 0 aromatic carbocycles. The van der Waals surface area contributed by atoms with E-state index in [4.69, 9.17) is 4.74 Å². The van der Waals surface area contributed by atoms with Crippen LogP contribution in [-0.4, -0.2) is 42.6 Å². The lowest BCUT2D eigenvalue weighted by Crippen LogP contribution is -2.43. The molecule has 3 heterocycles. The number of ketones is 1. The average Bonchev–Trinajstić information content (AvgIpc) is 3.00. The average molecular weight is 255 g/mol. The van der Waals surface area contributed by atoms with Gasteiger partial charge in [-0.15, -0.1) is 0 Å². The zero-order chi connectivity index (χ0) is 11.7. The highest BCUT2D eigenvalue weighted by atomic mass is 32.2. The molecule has 3 rings (SSSR count). The Balaban J connectivity index is 1.64. The largest absolute Gasteiger partial charge is 0.374 e. The summed E-state index contributed by atoms with van der Waals surface area (Å²) in [5, 5.41) is 3.30. The first-order valence-electron chi connectivity index (χ1n) is 6.75. The minimum absolute atomic E-state index is 0.0509. The Hall–Kier alpha value is -0.0600. The van der Waals surface area contributed by atoms with Crippen LogP contribution in [0, 0.1) is 11.8 Å². The van der Waals surface area contributed by atoms with Gasteiger partial charge in [0.2, 0.25) is 0 Å². The first kappa shape index (κ1) is 12.0. The van der Waals surface area contributed by atoms with Gasteiger partial charge in [-0.1, -0.05) is 0 Å². The van der Waals surface area contributed by atoms with Crippen molar-refractivity contribution >= 4 is 17.5 Å². The van der Waals surface area contributed by atoms with Gasteiger partial charge in [-0.2, -0.15) is 11.8 Å². The van der Waals surface area contributed by atoms with Crippen LogP contribution in [0.4, 0.5) is 0 Å². The summed E-state index contributed by atoms with van der Waals surface area (Å²) in [4.78, 5) is 12.4. The number of nitrogens with one attached hydrogen (secondary N) is 1. The summed E-state index contributed by atoms with van der Waals surface area (Å²) in [6.45, 7) is 2.70. The smallest absolute Gasteiger partial charge is 0.140 e. The molecule has 0 aliphatic carbocycles. The van der Waals surface area contributed by atoms with Crippen molar-refractivity contribution in [3.05, 3.63) is 0 Å². The second-order valence-corrected chi connectivity index (χ2v) is 6.72. The maximum Gasteiger partial charge on any atom is 0.140 e. The predicted molar refractivity (Wildman–Crippen MR) is 69.3 cm³/mol. The van der Waals surface area contributed by atoms with E-state index in [1.54, 1.807) is 0 Å². The molecule has 1 N–H and O–H groups in total. The first-order chi connectivity index (χ1) is 8.29. The molecule has 0 radical (unpaired) electrons. The number of carbonyl (C=O) groups is 1. The topological polar surface area (TPSA) is 38.3 Å². The molecule has 17 heavy (non-hydrogen) atoms. The first-order valence-corrected chi connectivity index (χ1v) is 7.91. The molecule has 3 aliphatic heterocycles. The molecular formula is C13H21NO2S. The number of Topliss-reactive ketones (excluding diaryl/α,β-unsaturated/α-hetero) is 1. The van der Waals surface area contributed by atoms with Crippen molar-refractivity contribution in [3.63, 3.8) is 0 Å². The van der Waals surface area contributed by atoms with Gasteiger partial charge >= 0.3 is 0 Å². The van der Waals surface area contributed by atoms with E-state index >= 15 is 0 Å². The minimum atomic E-state index is 0.0509. The third-order valence-electron chi connectivity index (χ3n) is 4.43. The molecule has 3 atom stereocenters. The second kappa shape index (κ2) is 4.90. The van der Waals surface area contributed by atoms with Crippen molar-refractivity contribution < 1.29 is 9.53 Å². The summed E-state index contributed by atoms with van der Waals surface area (Å²) in [5.74, 6) is 3.36. The predicted octanol–water partition coefficient (Wildman–Crippen LogP) is 1.47. The van der Waals surface area contributed by atoms with Gasteiger partial charge in [0.1, 0.15) is 5.78 Å². The number of carbonyl (C=O) groups excluding carboxylic acids is 1. The van der Waals surface area contributed by atoms with E-state index in [9.17, 15) is 4.79 Å². The molecule has 0 aromatic heterocycles. The highest BCUT2D eigenvalue weighted by Crippen LogP contribution is 2.41. The van der Waals surface area contributed by atoms with Gasteiger partial charge in [0.25, 0.3) is 0 Å². The molecule has 3 aliphatic rings. The van der Waals surface area contributed by atoms with E-state index in [2.05, 4.69) is 5.32 Å². The van der Waals surface area contributed by atoms with Gasteiger partial charge in [0.05, 0.1) is 5.60 Å². The number of thioether (sulfide) groups is 1. The van der Waals surface area contributed by atoms with Crippen molar-refractivity contribution in [2.24, 2.45) is 11.8 Å². The minimum Gasteiger partial charge on any atom is -0.374 e. The fraction of sp³-hybridized carbons (Fsp3) is 0.923. The lowest BCUT2D eigenvalue weighted by atomic mass is 9.79. The Morgan fingerprint density at radius 3 is 3.00 bits per heavy atom. The number of rotatable bonds is 2. The van der Waals surface area contributed by atoms with Crippen molar-refractivity contribution in [2.75, 3.05) is 31.2 Å². The van der Waals surface area contributed by atoms with Crippen LogP contribution < -0.4 is 5.32 Å². The molecule has 96 valence electrons. The van der Waals surface area contributed by atoms with E-state index in [0.29, 0.717) is 5.78 Å². The molecule has 0 saturated carbocycles. The highest BCUT2D eigenvalue weighted by Gasteiger charge is 2.43. The molecule has 3 saturated heterocycles. The summed E-state index contributed by atoms with van der Waals surface area (Å²) in [5.41, 5.74) is 0.0509. The van der Waals surface area contributed by atoms with Crippen LogP contribution in [0.5, 0.6) is 0 Å². The van der Waals surface area contributed by atoms with Crippen molar-refractivity contribution in [2.45, 2.75) is 31.3 Å². The van der Waals surface area contributed by atoms with E-state index in [0.717, 1.165) is 51.1 Å². The van der Waals surface area contributed by atoms with Gasteiger partial charge in [0.15, 0.2) is 0 Å². The molecule has 0 amide bonds. The van der Waals surface area contributed by atoms with Gasteiger partial charge in [0, 0.05) is 30.7 Å². The zero-order valence-corrected chi connectivity index (χ0v) is 11.1. The van der Waals surface area contributed by atoms with Gasteiger partial charge < -0.3 is 10.1 Å². The van der Waals surface area contributed by atoms with Crippen molar-refractivity contribution in [1.82, 2.24) is 5.32 Å². The maximum atomic E-state index is 12.4. The Morgan fingerprint density at radius 1 is 1.35 bits per heavy atom. The van der Waals surface area contributed by atoms with E-state index in [-0.39, 0.29) is 17.4 Å². The quantitative estimate of drug-likeness (QED) is 0.811. The van der Waals surface area contributed by atoms with E-state index in [1.807, 2.05) is 11.8 Å². The molecule has 0 aromatic rings. The Labute approximate surface area is 107 Å². The Kier molecular flexibility index (Phi) is 3.46. The third kappa shape index (κ3) is 2.40. The number of hydrogen-bond acceptors (Lipinski definition) is 4. The van der Waals surface area contributed by atoms with Crippen molar-refractivity contribution in [3.8, 4) is 0 Å². The summed E-state index contributed by atoms with van der Waals surface area (Å²) < 4.78 is 5.98. The summed E-state index contributed by atoms with van der Waals surface area (Å²) in [7, 11) is 0. The summed E-state index contributed by atoms with van der Waals surface area (Å²) >= 11 is 1.98. The van der Waals surface area contributed by atoms with Crippen LogP contribution >= 0.6 is 11.8 Å². The van der Waals surface area contributed by atoms with Crippen LogP contribution in [-0.2, 0) is 9.53 Å².